The van der Waals surface area contributed by atoms with E-state index < -0.39 is 15.9 Å². The van der Waals surface area contributed by atoms with Gasteiger partial charge in [0.05, 0.1) is 24.5 Å². The Morgan fingerprint density at radius 2 is 2.00 bits per heavy atom. The van der Waals surface area contributed by atoms with Gasteiger partial charge in [-0.1, -0.05) is 32.3 Å². The van der Waals surface area contributed by atoms with Crippen LogP contribution in [0.1, 0.15) is 39.0 Å². The zero-order valence-corrected chi connectivity index (χ0v) is 15.1. The van der Waals surface area contributed by atoms with E-state index in [1.807, 2.05) is 0 Å². The molecule has 0 aliphatic heterocycles. The van der Waals surface area contributed by atoms with Crippen molar-refractivity contribution in [3.05, 3.63) is 24.3 Å². The summed E-state index contributed by atoms with van der Waals surface area (Å²) in [6, 6.07) is 6.87. The third kappa shape index (κ3) is 5.70. The summed E-state index contributed by atoms with van der Waals surface area (Å²) in [6.07, 6.45) is 5.41. The summed E-state index contributed by atoms with van der Waals surface area (Å²) in [5.74, 6) is -0.478. The van der Waals surface area contributed by atoms with Crippen molar-refractivity contribution >= 4 is 21.6 Å². The second-order valence-corrected chi connectivity index (χ2v) is 8.13. The molecule has 134 valence electrons. The lowest BCUT2D eigenvalue weighted by molar-refractivity contribution is -0.124. The molecule has 1 fully saturated rings. The highest BCUT2D eigenvalue weighted by Gasteiger charge is 2.24. The van der Waals surface area contributed by atoms with E-state index in [1.54, 1.807) is 31.2 Å². The topological polar surface area (TPSA) is 84.5 Å². The number of ether oxygens (including phenoxy) is 1. The molecule has 7 heteroatoms. The molecule has 6 nitrogen and oxygen atoms in total. The van der Waals surface area contributed by atoms with Crippen molar-refractivity contribution < 1.29 is 17.9 Å². The van der Waals surface area contributed by atoms with Crippen LogP contribution in [-0.4, -0.2) is 33.2 Å². The van der Waals surface area contributed by atoms with Gasteiger partial charge in [-0.2, -0.15) is 0 Å². The summed E-state index contributed by atoms with van der Waals surface area (Å²) in [5, 5.41) is 2.97. The van der Waals surface area contributed by atoms with E-state index in [1.165, 1.54) is 13.5 Å². The fraction of sp³-hybridized carbons (Fsp3) is 0.588. The minimum Gasteiger partial charge on any atom is -0.497 e. The van der Waals surface area contributed by atoms with Crippen LogP contribution >= 0.6 is 0 Å². The highest BCUT2D eigenvalue weighted by molar-refractivity contribution is 7.92. The van der Waals surface area contributed by atoms with Crippen LogP contribution in [0.15, 0.2) is 24.3 Å². The molecule has 24 heavy (non-hydrogen) atoms. The van der Waals surface area contributed by atoms with E-state index >= 15 is 0 Å². The third-order valence-electron chi connectivity index (χ3n) is 4.21. The SMILES string of the molecule is COc1cccc(NS(=O)(=O)CC(C)C(=O)NC2CCCCC2)c1. The first-order chi connectivity index (χ1) is 11.4. The minimum atomic E-state index is -3.61. The van der Waals surface area contributed by atoms with E-state index in [0.29, 0.717) is 11.4 Å². The lowest BCUT2D eigenvalue weighted by atomic mass is 9.95. The molecule has 0 saturated heterocycles. The number of anilines is 1. The van der Waals surface area contributed by atoms with Crippen LogP contribution in [0.3, 0.4) is 0 Å². The number of hydrogen-bond donors (Lipinski definition) is 2. The van der Waals surface area contributed by atoms with Crippen molar-refractivity contribution in [3.8, 4) is 5.75 Å². The number of rotatable bonds is 7. The van der Waals surface area contributed by atoms with Gasteiger partial charge in [-0.3, -0.25) is 9.52 Å². The second-order valence-electron chi connectivity index (χ2n) is 6.36. The Morgan fingerprint density at radius 3 is 2.67 bits per heavy atom. The average molecular weight is 354 g/mol. The third-order valence-corrected chi connectivity index (χ3v) is 5.70. The fourth-order valence-electron chi connectivity index (χ4n) is 2.90. The molecule has 0 radical (unpaired) electrons. The first-order valence-corrected chi connectivity index (χ1v) is 10.00. The highest BCUT2D eigenvalue weighted by Crippen LogP contribution is 2.20. The first-order valence-electron chi connectivity index (χ1n) is 8.34. The summed E-state index contributed by atoms with van der Waals surface area (Å²) in [4.78, 5) is 12.2. The van der Waals surface area contributed by atoms with Crippen LogP contribution in [0.25, 0.3) is 0 Å². The average Bonchev–Trinajstić information content (AvgIpc) is 2.55. The Hall–Kier alpha value is -1.76. The predicted octanol–water partition coefficient (Wildman–Crippen LogP) is 2.52. The van der Waals surface area contributed by atoms with Crippen molar-refractivity contribution in [2.45, 2.75) is 45.1 Å². The molecular weight excluding hydrogens is 328 g/mol. The zero-order valence-electron chi connectivity index (χ0n) is 14.2. The second kappa shape index (κ2) is 8.37. The molecule has 1 atom stereocenters. The Bertz CT molecular complexity index is 654. The zero-order chi connectivity index (χ0) is 17.6. The molecule has 2 rings (SSSR count). The Labute approximate surface area is 144 Å². The summed E-state index contributed by atoms with van der Waals surface area (Å²) >= 11 is 0. The Kier molecular flexibility index (Phi) is 6.48. The molecule has 1 aliphatic carbocycles. The van der Waals surface area contributed by atoms with Gasteiger partial charge >= 0.3 is 0 Å². The van der Waals surface area contributed by atoms with Gasteiger partial charge in [0.1, 0.15) is 5.75 Å². The number of sulfonamides is 1. The maximum atomic E-state index is 12.3. The number of hydrogen-bond acceptors (Lipinski definition) is 4. The van der Waals surface area contributed by atoms with Gasteiger partial charge in [0.15, 0.2) is 0 Å². The van der Waals surface area contributed by atoms with E-state index in [4.69, 9.17) is 4.74 Å². The van der Waals surface area contributed by atoms with Crippen LogP contribution in [-0.2, 0) is 14.8 Å². The molecule has 1 amide bonds. The molecule has 1 aliphatic rings. The number of nitrogens with one attached hydrogen (secondary N) is 2. The molecule has 1 unspecified atom stereocenters. The first kappa shape index (κ1) is 18.6. The van der Waals surface area contributed by atoms with Gasteiger partial charge in [0.2, 0.25) is 15.9 Å². The van der Waals surface area contributed by atoms with Crippen molar-refractivity contribution in [2.24, 2.45) is 5.92 Å². The minimum absolute atomic E-state index is 0.183. The van der Waals surface area contributed by atoms with E-state index in [0.717, 1.165) is 25.7 Å². The van der Waals surface area contributed by atoms with Crippen LogP contribution in [0.4, 0.5) is 5.69 Å². The fourth-order valence-corrected chi connectivity index (χ4v) is 4.28. The van der Waals surface area contributed by atoms with Crippen LogP contribution in [0.5, 0.6) is 5.75 Å². The number of carbonyl (C=O) groups excluding carboxylic acids is 1. The Balaban J connectivity index is 1.90. The maximum absolute atomic E-state index is 12.3. The molecular formula is C17H26N2O4S. The number of carbonyl (C=O) groups is 1. The summed E-state index contributed by atoms with van der Waals surface area (Å²) in [5.41, 5.74) is 0.425. The van der Waals surface area contributed by atoms with Crippen molar-refractivity contribution in [3.63, 3.8) is 0 Å². The number of benzene rings is 1. The molecule has 1 aromatic rings. The monoisotopic (exact) mass is 354 g/mol. The molecule has 1 aromatic carbocycles. The van der Waals surface area contributed by atoms with Gasteiger partial charge in [-0.25, -0.2) is 8.42 Å². The van der Waals surface area contributed by atoms with Gasteiger partial charge < -0.3 is 10.1 Å². The van der Waals surface area contributed by atoms with Crippen molar-refractivity contribution in [1.82, 2.24) is 5.32 Å². The summed E-state index contributed by atoms with van der Waals surface area (Å²) in [6.45, 7) is 1.64. The molecule has 0 aromatic heterocycles. The van der Waals surface area contributed by atoms with Crippen LogP contribution in [0, 0.1) is 5.92 Å². The standard InChI is InChI=1S/C17H26N2O4S/c1-13(17(20)18-14-7-4-3-5-8-14)12-24(21,22)19-15-9-6-10-16(11-15)23-2/h6,9-11,13-14,19H,3-5,7-8,12H2,1-2H3,(H,18,20). The molecule has 1 saturated carbocycles. The van der Waals surface area contributed by atoms with Gasteiger partial charge in [0.25, 0.3) is 0 Å². The smallest absolute Gasteiger partial charge is 0.233 e. The summed E-state index contributed by atoms with van der Waals surface area (Å²) in [7, 11) is -2.09. The van der Waals surface area contributed by atoms with E-state index in [9.17, 15) is 13.2 Å². The molecule has 2 N–H and O–H groups in total. The van der Waals surface area contributed by atoms with Crippen LogP contribution < -0.4 is 14.8 Å². The maximum Gasteiger partial charge on any atom is 0.233 e. The van der Waals surface area contributed by atoms with Crippen molar-refractivity contribution in [1.29, 1.82) is 0 Å². The molecule has 0 spiro atoms. The number of amides is 1. The molecule has 0 heterocycles. The van der Waals surface area contributed by atoms with E-state index in [2.05, 4.69) is 10.0 Å². The van der Waals surface area contributed by atoms with Crippen molar-refractivity contribution in [2.75, 3.05) is 17.6 Å². The van der Waals surface area contributed by atoms with Gasteiger partial charge in [-0.15, -0.1) is 0 Å². The lowest BCUT2D eigenvalue weighted by Gasteiger charge is -2.24. The van der Waals surface area contributed by atoms with Crippen LogP contribution in [0.2, 0.25) is 0 Å². The lowest BCUT2D eigenvalue weighted by Crippen LogP contribution is -2.41. The van der Waals surface area contributed by atoms with E-state index in [-0.39, 0.29) is 17.7 Å². The number of methoxy groups -OCH3 is 1. The predicted molar refractivity (Wildman–Crippen MR) is 94.6 cm³/mol. The van der Waals surface area contributed by atoms with Gasteiger partial charge in [-0.05, 0) is 25.0 Å². The normalized spacial score (nSPS) is 17.1. The highest BCUT2D eigenvalue weighted by atomic mass is 32.2. The molecule has 0 bridgehead atoms. The van der Waals surface area contributed by atoms with Gasteiger partial charge in [0, 0.05) is 12.1 Å². The quantitative estimate of drug-likeness (QED) is 0.788. The summed E-state index contributed by atoms with van der Waals surface area (Å²) < 4.78 is 32.1. The largest absolute Gasteiger partial charge is 0.497 e. The Morgan fingerprint density at radius 1 is 1.29 bits per heavy atom.